The molecule has 0 saturated heterocycles. The minimum absolute atomic E-state index is 0.0288. The van der Waals surface area contributed by atoms with Gasteiger partial charge in [-0.15, -0.1) is 0 Å². The van der Waals surface area contributed by atoms with Crippen molar-refractivity contribution in [2.24, 2.45) is 7.05 Å². The van der Waals surface area contributed by atoms with E-state index in [-0.39, 0.29) is 18.1 Å². The summed E-state index contributed by atoms with van der Waals surface area (Å²) in [5.74, 6) is -0.190. The summed E-state index contributed by atoms with van der Waals surface area (Å²) in [6.07, 6.45) is 0.433. The van der Waals surface area contributed by atoms with E-state index in [1.54, 1.807) is 29.8 Å². The largest absolute Gasteiger partial charge is 0.396 e. The average Bonchev–Trinajstić information content (AvgIpc) is 2.93. The van der Waals surface area contributed by atoms with Crippen molar-refractivity contribution in [2.75, 3.05) is 11.9 Å². The summed E-state index contributed by atoms with van der Waals surface area (Å²) in [5, 5.41) is 16.9. The quantitative estimate of drug-likeness (QED) is 0.453. The van der Waals surface area contributed by atoms with Crippen LogP contribution in [0.5, 0.6) is 0 Å². The number of rotatable bonds is 7. The first-order valence-electron chi connectivity index (χ1n) is 9.41. The maximum atomic E-state index is 12.9. The zero-order valence-electron chi connectivity index (χ0n) is 17.0. The Morgan fingerprint density at radius 2 is 2.03 bits per heavy atom. The number of nitrogens with one attached hydrogen (secondary N) is 1. The van der Waals surface area contributed by atoms with Gasteiger partial charge in [-0.05, 0) is 39.3 Å². The summed E-state index contributed by atoms with van der Waals surface area (Å²) in [7, 11) is 1.83. The number of benzene rings is 1. The third-order valence-electron chi connectivity index (χ3n) is 4.78. The Bertz CT molecular complexity index is 1110. The second-order valence-electron chi connectivity index (χ2n) is 6.86. The van der Waals surface area contributed by atoms with Gasteiger partial charge in [0, 0.05) is 20.2 Å². The van der Waals surface area contributed by atoms with Crippen LogP contribution in [0.25, 0.3) is 10.9 Å². The summed E-state index contributed by atoms with van der Waals surface area (Å²) >= 11 is 1.23. The van der Waals surface area contributed by atoms with Crippen LogP contribution in [0.1, 0.15) is 24.7 Å². The van der Waals surface area contributed by atoms with Crippen LogP contribution in [-0.2, 0) is 18.4 Å². The molecule has 8 nitrogen and oxygen atoms in total. The number of anilines is 1. The van der Waals surface area contributed by atoms with E-state index in [0.717, 1.165) is 11.4 Å². The lowest BCUT2D eigenvalue weighted by Crippen LogP contribution is -2.27. The van der Waals surface area contributed by atoms with Crippen LogP contribution in [0.2, 0.25) is 0 Å². The predicted octanol–water partition coefficient (Wildman–Crippen LogP) is 2.25. The normalized spacial score (nSPS) is 12.3. The molecule has 3 aromatic rings. The van der Waals surface area contributed by atoms with Gasteiger partial charge in [0.1, 0.15) is 0 Å². The lowest BCUT2D eigenvalue weighted by Gasteiger charge is -2.16. The van der Waals surface area contributed by atoms with Crippen molar-refractivity contribution in [2.45, 2.75) is 44.1 Å². The first-order valence-corrected chi connectivity index (χ1v) is 10.3. The number of aliphatic hydroxyl groups excluding tert-OH is 1. The van der Waals surface area contributed by atoms with Crippen molar-refractivity contribution in [3.8, 4) is 0 Å². The second kappa shape index (κ2) is 8.79. The molecule has 29 heavy (non-hydrogen) atoms. The molecule has 0 saturated carbocycles. The minimum Gasteiger partial charge on any atom is -0.396 e. The molecule has 3 rings (SSSR count). The molecule has 2 N–H and O–H groups in total. The summed E-state index contributed by atoms with van der Waals surface area (Å²) in [6.45, 7) is 5.82. The number of carbonyl (C=O) groups is 1. The molecule has 154 valence electrons. The number of hydrogen-bond donors (Lipinski definition) is 2. The summed E-state index contributed by atoms with van der Waals surface area (Å²) in [4.78, 5) is 30.3. The zero-order chi connectivity index (χ0) is 21.1. The van der Waals surface area contributed by atoms with Crippen LogP contribution in [0.3, 0.4) is 0 Å². The van der Waals surface area contributed by atoms with E-state index >= 15 is 0 Å². The van der Waals surface area contributed by atoms with Gasteiger partial charge in [0.2, 0.25) is 5.91 Å². The molecular formula is C20H25N5O3S. The topological polar surface area (TPSA) is 102 Å². The fraction of sp³-hybridized carbons (Fsp3) is 0.400. The molecule has 0 aliphatic rings. The first kappa shape index (κ1) is 21.1. The predicted molar refractivity (Wildman–Crippen MR) is 114 cm³/mol. The Morgan fingerprint density at radius 1 is 1.31 bits per heavy atom. The van der Waals surface area contributed by atoms with Crippen LogP contribution >= 0.6 is 11.8 Å². The molecule has 0 aliphatic heterocycles. The van der Waals surface area contributed by atoms with Gasteiger partial charge in [-0.2, -0.15) is 5.10 Å². The molecule has 1 aromatic carbocycles. The minimum atomic E-state index is -0.484. The van der Waals surface area contributed by atoms with Crippen molar-refractivity contribution in [3.63, 3.8) is 0 Å². The van der Waals surface area contributed by atoms with E-state index < -0.39 is 5.25 Å². The summed E-state index contributed by atoms with van der Waals surface area (Å²) in [6, 6.07) is 7.14. The fourth-order valence-corrected chi connectivity index (χ4v) is 3.99. The van der Waals surface area contributed by atoms with Crippen LogP contribution in [-0.4, -0.2) is 42.2 Å². The number of aryl methyl sites for hydroxylation is 2. The van der Waals surface area contributed by atoms with Gasteiger partial charge in [-0.3, -0.25) is 18.8 Å². The number of aliphatic hydroxyl groups is 1. The van der Waals surface area contributed by atoms with E-state index in [4.69, 9.17) is 0 Å². The fourth-order valence-electron chi connectivity index (χ4n) is 3.05. The number of nitrogens with zero attached hydrogens (tertiary/aromatic N) is 4. The molecule has 1 amide bonds. The molecule has 0 aliphatic carbocycles. The summed E-state index contributed by atoms with van der Waals surface area (Å²) in [5.41, 5.74) is 2.75. The monoisotopic (exact) mass is 415 g/mol. The first-order chi connectivity index (χ1) is 13.8. The lowest BCUT2D eigenvalue weighted by molar-refractivity contribution is -0.115. The maximum Gasteiger partial charge on any atom is 0.262 e. The zero-order valence-corrected chi connectivity index (χ0v) is 17.8. The van der Waals surface area contributed by atoms with Crippen LogP contribution in [0.4, 0.5) is 5.69 Å². The van der Waals surface area contributed by atoms with Crippen molar-refractivity contribution in [1.29, 1.82) is 0 Å². The molecule has 9 heteroatoms. The molecule has 2 heterocycles. The standard InChI is InChI=1S/C20H25N5O3S/c1-12-17(13(2)24(4)23-12)22-18(27)14(3)29-20-21-16-9-6-5-8-15(16)19(28)25(20)10-7-11-26/h5-6,8-9,14,26H,7,10-11H2,1-4H3,(H,22,27). The third kappa shape index (κ3) is 4.35. The van der Waals surface area contributed by atoms with Crippen LogP contribution < -0.4 is 10.9 Å². The van der Waals surface area contributed by atoms with Crippen molar-refractivity contribution in [3.05, 3.63) is 46.0 Å². The van der Waals surface area contributed by atoms with Gasteiger partial charge in [0.25, 0.3) is 5.56 Å². The molecule has 0 spiro atoms. The van der Waals surface area contributed by atoms with E-state index in [1.807, 2.05) is 27.0 Å². The number of carbonyl (C=O) groups excluding carboxylic acids is 1. The third-order valence-corrected chi connectivity index (χ3v) is 5.87. The van der Waals surface area contributed by atoms with Crippen molar-refractivity contribution < 1.29 is 9.90 Å². The van der Waals surface area contributed by atoms with E-state index in [9.17, 15) is 14.7 Å². The van der Waals surface area contributed by atoms with Gasteiger partial charge in [-0.25, -0.2) is 4.98 Å². The number of hydrogen-bond acceptors (Lipinski definition) is 6. The molecular weight excluding hydrogens is 390 g/mol. The van der Waals surface area contributed by atoms with Crippen molar-refractivity contribution in [1.82, 2.24) is 19.3 Å². The van der Waals surface area contributed by atoms with Gasteiger partial charge in [-0.1, -0.05) is 23.9 Å². The highest BCUT2D eigenvalue weighted by Crippen LogP contribution is 2.25. The number of para-hydroxylation sites is 1. The SMILES string of the molecule is Cc1nn(C)c(C)c1NC(=O)C(C)Sc1nc2ccccc2c(=O)n1CCCO. The maximum absolute atomic E-state index is 12.9. The van der Waals surface area contributed by atoms with E-state index in [2.05, 4.69) is 15.4 Å². The number of fused-ring (bicyclic) bond motifs is 1. The highest BCUT2D eigenvalue weighted by Gasteiger charge is 2.21. The van der Waals surface area contributed by atoms with Gasteiger partial charge in [0.05, 0.1) is 33.2 Å². The lowest BCUT2D eigenvalue weighted by atomic mass is 10.2. The van der Waals surface area contributed by atoms with Gasteiger partial charge < -0.3 is 10.4 Å². The average molecular weight is 416 g/mol. The molecule has 0 radical (unpaired) electrons. The van der Waals surface area contributed by atoms with Gasteiger partial charge in [0.15, 0.2) is 5.16 Å². The second-order valence-corrected chi connectivity index (χ2v) is 8.17. The highest BCUT2D eigenvalue weighted by atomic mass is 32.2. The Labute approximate surface area is 173 Å². The Balaban J connectivity index is 1.89. The molecule has 0 fully saturated rings. The molecule has 0 bridgehead atoms. The Kier molecular flexibility index (Phi) is 6.39. The smallest absolute Gasteiger partial charge is 0.262 e. The Hall–Kier alpha value is -2.65. The van der Waals surface area contributed by atoms with Crippen molar-refractivity contribution >= 4 is 34.3 Å². The molecule has 1 unspecified atom stereocenters. The molecule has 2 aromatic heterocycles. The van der Waals surface area contributed by atoms with Gasteiger partial charge >= 0.3 is 0 Å². The molecule has 1 atom stereocenters. The van der Waals surface area contributed by atoms with E-state index in [0.29, 0.717) is 34.7 Å². The van der Waals surface area contributed by atoms with Crippen LogP contribution in [0.15, 0.2) is 34.2 Å². The van der Waals surface area contributed by atoms with Crippen LogP contribution in [0, 0.1) is 13.8 Å². The summed E-state index contributed by atoms with van der Waals surface area (Å²) < 4.78 is 3.26. The number of aromatic nitrogens is 4. The Morgan fingerprint density at radius 3 is 2.69 bits per heavy atom. The van der Waals surface area contributed by atoms with E-state index in [1.165, 1.54) is 16.3 Å². The number of thioether (sulfide) groups is 1. The number of amides is 1. The highest BCUT2D eigenvalue weighted by molar-refractivity contribution is 8.00.